The van der Waals surface area contributed by atoms with E-state index >= 15 is 0 Å². The van der Waals surface area contributed by atoms with Gasteiger partial charge in [0.2, 0.25) is 0 Å². The van der Waals surface area contributed by atoms with Gasteiger partial charge in [0.1, 0.15) is 5.60 Å². The summed E-state index contributed by atoms with van der Waals surface area (Å²) in [6.07, 6.45) is -0.321. The van der Waals surface area contributed by atoms with Crippen LogP contribution in [0.3, 0.4) is 0 Å². The summed E-state index contributed by atoms with van der Waals surface area (Å²) in [6, 6.07) is 2.05. The molecule has 3 rings (SSSR count). The molecule has 9 nitrogen and oxygen atoms in total. The molecule has 2 aliphatic heterocycles. The highest BCUT2D eigenvalue weighted by Gasteiger charge is 2.28. The van der Waals surface area contributed by atoms with Gasteiger partial charge in [-0.05, 0) is 51.8 Å². The van der Waals surface area contributed by atoms with E-state index in [-0.39, 0.29) is 11.8 Å². The lowest BCUT2D eigenvalue weighted by Gasteiger charge is -2.36. The molecule has 2 saturated heterocycles. The minimum absolute atomic E-state index is 0.0518. The first kappa shape index (κ1) is 25.5. The Kier molecular flexibility index (Phi) is 7.75. The number of rotatable bonds is 5. The number of nitrogens with one attached hydrogen (secondary N) is 1. The Morgan fingerprint density at radius 3 is 2.21 bits per heavy atom. The van der Waals surface area contributed by atoms with Crippen LogP contribution >= 0.6 is 0 Å². The summed E-state index contributed by atoms with van der Waals surface area (Å²) in [5.41, 5.74) is 2.39. The Hall–Kier alpha value is -2.11. The molecule has 0 unspecified atom stereocenters. The van der Waals surface area contributed by atoms with Gasteiger partial charge in [0.15, 0.2) is 5.75 Å². The predicted octanol–water partition coefficient (Wildman–Crippen LogP) is 2.36. The average molecular weight is 487 g/mol. The van der Waals surface area contributed by atoms with Gasteiger partial charge in [0, 0.05) is 70.2 Å². The van der Waals surface area contributed by atoms with Gasteiger partial charge in [0.05, 0.1) is 0 Å². The fourth-order valence-corrected chi connectivity index (χ4v) is 4.65. The SMILES string of the molecule is Cc1c(CN2CCN(C(=O)OC(C)(C)C)CC2)cc(N2CCNCC2)c(C)c1OS(=O)(=O)F. The fourth-order valence-electron chi connectivity index (χ4n) is 4.20. The molecule has 1 aromatic rings. The Morgan fingerprint density at radius 1 is 1.06 bits per heavy atom. The lowest BCUT2D eigenvalue weighted by molar-refractivity contribution is 0.0139. The van der Waals surface area contributed by atoms with Gasteiger partial charge < -0.3 is 24.0 Å². The highest BCUT2D eigenvalue weighted by Crippen LogP contribution is 2.36. The molecule has 2 fully saturated rings. The van der Waals surface area contributed by atoms with E-state index in [9.17, 15) is 17.1 Å². The number of amides is 1. The van der Waals surface area contributed by atoms with E-state index in [0.29, 0.717) is 43.9 Å². The summed E-state index contributed by atoms with van der Waals surface area (Å²) < 4.78 is 46.4. The Morgan fingerprint density at radius 2 is 1.67 bits per heavy atom. The van der Waals surface area contributed by atoms with E-state index in [0.717, 1.165) is 37.4 Å². The smallest absolute Gasteiger partial charge is 0.444 e. The van der Waals surface area contributed by atoms with Gasteiger partial charge in [0.25, 0.3) is 0 Å². The molecule has 0 atom stereocenters. The molecule has 0 aromatic heterocycles. The molecule has 1 aromatic carbocycles. The molecular weight excluding hydrogens is 451 g/mol. The van der Waals surface area contributed by atoms with Gasteiger partial charge in [-0.15, -0.1) is 0 Å². The molecule has 0 aliphatic carbocycles. The summed E-state index contributed by atoms with van der Waals surface area (Å²) in [7, 11) is -5.15. The number of hydrogen-bond acceptors (Lipinski definition) is 8. The minimum Gasteiger partial charge on any atom is -0.444 e. The van der Waals surface area contributed by atoms with Crippen LogP contribution in [0.4, 0.5) is 14.4 Å². The lowest BCUT2D eigenvalue weighted by Crippen LogP contribution is -2.49. The molecule has 0 saturated carbocycles. The minimum atomic E-state index is -5.15. The second kappa shape index (κ2) is 10.0. The Bertz CT molecular complexity index is 966. The second-order valence-corrected chi connectivity index (χ2v) is 10.5. The Labute approximate surface area is 196 Å². The molecular formula is C22H35FN4O5S. The standard InChI is InChI=1S/C22H35FN4O5S/c1-16-18(15-25-10-12-27(13-11-25)21(28)31-22(3,4)5)14-19(26-8-6-24-7-9-26)17(2)20(16)32-33(23,29)30/h14,24H,6-13,15H2,1-5H3. The number of ether oxygens (including phenoxy) is 1. The van der Waals surface area contributed by atoms with Crippen LogP contribution in [0.15, 0.2) is 6.07 Å². The summed E-state index contributed by atoms with van der Waals surface area (Å²) in [5, 5.41) is 3.30. The lowest BCUT2D eigenvalue weighted by atomic mass is 10.00. The first-order chi connectivity index (χ1) is 15.3. The average Bonchev–Trinajstić information content (AvgIpc) is 2.72. The molecule has 0 spiro atoms. The van der Waals surface area contributed by atoms with Crippen molar-refractivity contribution in [3.8, 4) is 5.75 Å². The van der Waals surface area contributed by atoms with E-state index in [1.165, 1.54) is 0 Å². The molecule has 2 aliphatic rings. The molecule has 0 bridgehead atoms. The van der Waals surface area contributed by atoms with Crippen molar-refractivity contribution in [1.82, 2.24) is 15.1 Å². The fraction of sp³-hybridized carbons (Fsp3) is 0.682. The number of benzene rings is 1. The number of halogens is 1. The van der Waals surface area contributed by atoms with Crippen molar-refractivity contribution in [2.24, 2.45) is 0 Å². The number of hydrogen-bond donors (Lipinski definition) is 1. The van der Waals surface area contributed by atoms with E-state index in [1.54, 1.807) is 18.7 Å². The van der Waals surface area contributed by atoms with Crippen LogP contribution in [0.1, 0.15) is 37.5 Å². The Balaban J connectivity index is 1.79. The first-order valence-corrected chi connectivity index (χ1v) is 12.6. The molecule has 1 N–H and O–H groups in total. The monoisotopic (exact) mass is 486 g/mol. The van der Waals surface area contributed by atoms with Gasteiger partial charge >= 0.3 is 16.6 Å². The van der Waals surface area contributed by atoms with Crippen molar-refractivity contribution < 1.29 is 26.0 Å². The van der Waals surface area contributed by atoms with E-state index < -0.39 is 16.1 Å². The molecule has 33 heavy (non-hydrogen) atoms. The summed E-state index contributed by atoms with van der Waals surface area (Å²) in [5.74, 6) is 0.0518. The maximum absolute atomic E-state index is 13.5. The van der Waals surface area contributed by atoms with Crippen molar-refractivity contribution in [1.29, 1.82) is 0 Å². The molecule has 0 radical (unpaired) electrons. The zero-order valence-electron chi connectivity index (χ0n) is 20.1. The molecule has 1 amide bonds. The maximum Gasteiger partial charge on any atom is 0.488 e. The van der Waals surface area contributed by atoms with Gasteiger partial charge in [-0.3, -0.25) is 4.90 Å². The van der Waals surface area contributed by atoms with Crippen molar-refractivity contribution in [2.75, 3.05) is 57.3 Å². The molecule has 11 heteroatoms. The van der Waals surface area contributed by atoms with Gasteiger partial charge in [-0.25, -0.2) is 4.79 Å². The number of nitrogens with zero attached hydrogens (tertiary/aromatic N) is 3. The zero-order chi connectivity index (χ0) is 24.4. The van der Waals surface area contributed by atoms with E-state index in [4.69, 9.17) is 8.92 Å². The molecule has 186 valence electrons. The number of anilines is 1. The molecule has 2 heterocycles. The van der Waals surface area contributed by atoms with Crippen LogP contribution < -0.4 is 14.4 Å². The predicted molar refractivity (Wildman–Crippen MR) is 125 cm³/mol. The first-order valence-electron chi connectivity index (χ1n) is 11.3. The third kappa shape index (κ3) is 6.94. The topological polar surface area (TPSA) is 91.4 Å². The van der Waals surface area contributed by atoms with Crippen LogP contribution in [0.2, 0.25) is 0 Å². The second-order valence-electron chi connectivity index (χ2n) is 9.59. The number of carbonyl (C=O) groups is 1. The van der Waals surface area contributed by atoms with Crippen molar-refractivity contribution >= 4 is 22.3 Å². The number of carbonyl (C=O) groups excluding carboxylic acids is 1. The van der Waals surface area contributed by atoms with E-state index in [2.05, 4.69) is 15.1 Å². The van der Waals surface area contributed by atoms with Crippen LogP contribution in [-0.2, 0) is 21.8 Å². The third-order valence-electron chi connectivity index (χ3n) is 5.92. The van der Waals surface area contributed by atoms with Crippen molar-refractivity contribution in [3.63, 3.8) is 0 Å². The highest BCUT2D eigenvalue weighted by atomic mass is 32.3. The van der Waals surface area contributed by atoms with Crippen LogP contribution in [0.5, 0.6) is 5.75 Å². The van der Waals surface area contributed by atoms with Crippen molar-refractivity contribution in [2.45, 2.75) is 46.8 Å². The van der Waals surface area contributed by atoms with Crippen LogP contribution in [-0.4, -0.2) is 82.3 Å². The largest absolute Gasteiger partial charge is 0.488 e. The third-order valence-corrected chi connectivity index (χ3v) is 6.28. The normalized spacial score (nSPS) is 18.4. The van der Waals surface area contributed by atoms with Gasteiger partial charge in [-0.1, -0.05) is 3.89 Å². The highest BCUT2D eigenvalue weighted by molar-refractivity contribution is 7.81. The van der Waals surface area contributed by atoms with Crippen LogP contribution in [0, 0.1) is 13.8 Å². The summed E-state index contributed by atoms with van der Waals surface area (Å²) in [6.45, 7) is 15.1. The van der Waals surface area contributed by atoms with E-state index in [1.807, 2.05) is 26.8 Å². The van der Waals surface area contributed by atoms with Crippen LogP contribution in [0.25, 0.3) is 0 Å². The number of piperazine rings is 2. The summed E-state index contributed by atoms with van der Waals surface area (Å²) in [4.78, 5) is 18.4. The zero-order valence-corrected chi connectivity index (χ0v) is 20.9. The van der Waals surface area contributed by atoms with Crippen molar-refractivity contribution in [3.05, 3.63) is 22.8 Å². The maximum atomic E-state index is 13.5. The quantitative estimate of drug-likeness (QED) is 0.635. The summed E-state index contributed by atoms with van der Waals surface area (Å²) >= 11 is 0. The van der Waals surface area contributed by atoms with Gasteiger partial charge in [-0.2, -0.15) is 8.42 Å².